The molecule has 0 saturated heterocycles. The Morgan fingerprint density at radius 2 is 2.00 bits per heavy atom. The maximum atomic E-state index is 12.5. The Kier molecular flexibility index (Phi) is 3.99. The first kappa shape index (κ1) is 15.6. The van der Waals surface area contributed by atoms with E-state index in [2.05, 4.69) is 28.5 Å². The van der Waals surface area contributed by atoms with Crippen LogP contribution in [0.3, 0.4) is 0 Å². The molecule has 2 aromatic carbocycles. The zero-order valence-corrected chi connectivity index (χ0v) is 14.4. The number of fused-ring (bicyclic) bond motifs is 3. The van der Waals surface area contributed by atoms with Gasteiger partial charge in [0, 0.05) is 34.1 Å². The minimum absolute atomic E-state index is 0.102. The molecule has 0 spiro atoms. The highest BCUT2D eigenvalue weighted by Gasteiger charge is 2.24. The third-order valence-corrected chi connectivity index (χ3v) is 5.15. The highest BCUT2D eigenvalue weighted by atomic mass is 35.5. The molecule has 3 nitrogen and oxygen atoms in total. The molecule has 1 amide bonds. The highest BCUT2D eigenvalue weighted by molar-refractivity contribution is 6.36. The molecule has 0 aliphatic heterocycles. The zero-order chi connectivity index (χ0) is 16.7. The summed E-state index contributed by atoms with van der Waals surface area (Å²) in [6.45, 7) is 0. The second-order valence-corrected chi connectivity index (χ2v) is 7.01. The lowest BCUT2D eigenvalue weighted by atomic mass is 9.91. The van der Waals surface area contributed by atoms with Gasteiger partial charge in [-0.05, 0) is 42.7 Å². The monoisotopic (exact) mass is 358 g/mol. The van der Waals surface area contributed by atoms with Gasteiger partial charge in [0.15, 0.2) is 0 Å². The van der Waals surface area contributed by atoms with E-state index in [1.807, 2.05) is 6.07 Å². The molecule has 0 saturated carbocycles. The summed E-state index contributed by atoms with van der Waals surface area (Å²) in [6, 6.07) is 13.4. The number of nitrogens with one attached hydrogen (secondary N) is 2. The van der Waals surface area contributed by atoms with Gasteiger partial charge >= 0.3 is 0 Å². The van der Waals surface area contributed by atoms with Crippen molar-refractivity contribution in [2.24, 2.45) is 0 Å². The molecule has 1 aromatic heterocycles. The van der Waals surface area contributed by atoms with Crippen molar-refractivity contribution >= 4 is 40.0 Å². The summed E-state index contributed by atoms with van der Waals surface area (Å²) in [7, 11) is 0. The van der Waals surface area contributed by atoms with E-state index in [-0.39, 0.29) is 11.9 Å². The van der Waals surface area contributed by atoms with Gasteiger partial charge in [-0.1, -0.05) is 41.4 Å². The van der Waals surface area contributed by atoms with Crippen LogP contribution >= 0.6 is 23.2 Å². The molecular weight excluding hydrogens is 343 g/mol. The fourth-order valence-electron chi connectivity index (χ4n) is 3.44. The van der Waals surface area contributed by atoms with Gasteiger partial charge in [-0.2, -0.15) is 0 Å². The lowest BCUT2D eigenvalue weighted by Crippen LogP contribution is -2.38. The molecular formula is C19H16Cl2N2O. The fraction of sp³-hybridized carbons (Fsp3) is 0.211. The molecule has 2 N–H and O–H groups in total. The number of halogens is 2. The minimum Gasteiger partial charge on any atom is -0.358 e. The second kappa shape index (κ2) is 6.15. The number of carbonyl (C=O) groups excluding carboxylic acids is 1. The summed E-state index contributed by atoms with van der Waals surface area (Å²) in [5.74, 6) is -0.152. The molecule has 24 heavy (non-hydrogen) atoms. The number of para-hydroxylation sites is 1. The summed E-state index contributed by atoms with van der Waals surface area (Å²) in [5, 5.41) is 5.29. The first-order chi connectivity index (χ1) is 11.6. The number of benzene rings is 2. The van der Waals surface area contributed by atoms with E-state index in [9.17, 15) is 4.79 Å². The van der Waals surface area contributed by atoms with Crippen LogP contribution in [0.5, 0.6) is 0 Å². The van der Waals surface area contributed by atoms with Crippen molar-refractivity contribution in [3.8, 4) is 0 Å². The van der Waals surface area contributed by atoms with E-state index >= 15 is 0 Å². The first-order valence-corrected chi connectivity index (χ1v) is 8.72. The molecule has 3 aromatic rings. The van der Waals surface area contributed by atoms with Gasteiger partial charge in [-0.25, -0.2) is 0 Å². The van der Waals surface area contributed by atoms with Crippen LogP contribution in [-0.4, -0.2) is 16.9 Å². The van der Waals surface area contributed by atoms with E-state index in [1.165, 1.54) is 16.6 Å². The third-order valence-electron chi connectivity index (χ3n) is 4.61. The van der Waals surface area contributed by atoms with Crippen molar-refractivity contribution < 1.29 is 4.79 Å². The first-order valence-electron chi connectivity index (χ1n) is 7.96. The average Bonchev–Trinajstić information content (AvgIpc) is 2.92. The quantitative estimate of drug-likeness (QED) is 0.681. The molecule has 5 heteroatoms. The fourth-order valence-corrected chi connectivity index (χ4v) is 3.94. The largest absolute Gasteiger partial charge is 0.358 e. The number of aromatic amines is 1. The Morgan fingerprint density at radius 1 is 1.17 bits per heavy atom. The van der Waals surface area contributed by atoms with Gasteiger partial charge in [0.25, 0.3) is 5.91 Å². The van der Waals surface area contributed by atoms with Crippen molar-refractivity contribution in [2.45, 2.75) is 25.3 Å². The van der Waals surface area contributed by atoms with Crippen LogP contribution in [0.15, 0.2) is 42.5 Å². The number of hydrogen-bond donors (Lipinski definition) is 2. The van der Waals surface area contributed by atoms with Crippen molar-refractivity contribution in [2.75, 3.05) is 0 Å². The maximum absolute atomic E-state index is 12.5. The van der Waals surface area contributed by atoms with Crippen LogP contribution < -0.4 is 5.32 Å². The van der Waals surface area contributed by atoms with E-state index in [0.29, 0.717) is 15.6 Å². The van der Waals surface area contributed by atoms with E-state index in [4.69, 9.17) is 23.2 Å². The average molecular weight is 359 g/mol. The normalized spacial score (nSPS) is 16.8. The van der Waals surface area contributed by atoms with Crippen LogP contribution in [0.2, 0.25) is 10.0 Å². The van der Waals surface area contributed by atoms with Crippen LogP contribution in [-0.2, 0) is 12.8 Å². The molecule has 1 aliphatic rings. The van der Waals surface area contributed by atoms with Crippen molar-refractivity contribution in [3.05, 3.63) is 69.3 Å². The van der Waals surface area contributed by atoms with Crippen molar-refractivity contribution in [1.82, 2.24) is 10.3 Å². The number of aryl methyl sites for hydroxylation is 1. The lowest BCUT2D eigenvalue weighted by Gasteiger charge is -2.23. The van der Waals surface area contributed by atoms with Crippen molar-refractivity contribution in [1.29, 1.82) is 0 Å². The van der Waals surface area contributed by atoms with E-state index in [0.717, 1.165) is 24.8 Å². The maximum Gasteiger partial charge on any atom is 0.253 e. The molecule has 0 fully saturated rings. The Morgan fingerprint density at radius 3 is 2.83 bits per heavy atom. The predicted molar refractivity (Wildman–Crippen MR) is 98.0 cm³/mol. The summed E-state index contributed by atoms with van der Waals surface area (Å²) < 4.78 is 0. The standard InChI is InChI=1S/C19H16Cl2N2O/c20-11-5-7-15(16(21)9-11)19(24)22-12-6-8-14-13-3-1-2-4-17(13)23-18(14)10-12/h1-5,7,9,12,23H,6,8,10H2,(H,22,24). The number of carbonyl (C=O) groups is 1. The second-order valence-electron chi connectivity index (χ2n) is 6.17. The number of rotatable bonds is 2. The van der Waals surface area contributed by atoms with Crippen LogP contribution in [0.1, 0.15) is 28.0 Å². The van der Waals surface area contributed by atoms with Crippen LogP contribution in [0.25, 0.3) is 10.9 Å². The summed E-state index contributed by atoms with van der Waals surface area (Å²) >= 11 is 12.0. The topological polar surface area (TPSA) is 44.9 Å². The Balaban J connectivity index is 1.53. The van der Waals surface area contributed by atoms with Crippen molar-refractivity contribution in [3.63, 3.8) is 0 Å². The van der Waals surface area contributed by atoms with E-state index < -0.39 is 0 Å². The number of hydrogen-bond acceptors (Lipinski definition) is 1. The molecule has 0 bridgehead atoms. The van der Waals surface area contributed by atoms with Gasteiger partial charge in [0.1, 0.15) is 0 Å². The van der Waals surface area contributed by atoms with Gasteiger partial charge in [-0.3, -0.25) is 4.79 Å². The van der Waals surface area contributed by atoms with Crippen LogP contribution in [0, 0.1) is 0 Å². The highest BCUT2D eigenvalue weighted by Crippen LogP contribution is 2.29. The van der Waals surface area contributed by atoms with Gasteiger partial charge in [-0.15, -0.1) is 0 Å². The summed E-state index contributed by atoms with van der Waals surface area (Å²) in [6.07, 6.45) is 2.69. The molecule has 1 atom stereocenters. The van der Waals surface area contributed by atoms with Gasteiger partial charge in [0.2, 0.25) is 0 Å². The number of H-pyrrole nitrogens is 1. The zero-order valence-electron chi connectivity index (χ0n) is 12.9. The molecule has 1 unspecified atom stereocenters. The van der Waals surface area contributed by atoms with E-state index in [1.54, 1.807) is 18.2 Å². The smallest absolute Gasteiger partial charge is 0.253 e. The summed E-state index contributed by atoms with van der Waals surface area (Å²) in [4.78, 5) is 16.0. The SMILES string of the molecule is O=C(NC1CCc2c([nH]c3ccccc23)C1)c1ccc(Cl)cc1Cl. The molecule has 1 aliphatic carbocycles. The molecule has 1 heterocycles. The Hall–Kier alpha value is -1.97. The molecule has 0 radical (unpaired) electrons. The Labute approximate surface area is 150 Å². The third kappa shape index (κ3) is 2.79. The van der Waals surface area contributed by atoms with Gasteiger partial charge in [0.05, 0.1) is 10.6 Å². The minimum atomic E-state index is -0.152. The predicted octanol–water partition coefficient (Wildman–Crippen LogP) is 4.76. The Bertz CT molecular complexity index is 932. The lowest BCUT2D eigenvalue weighted by molar-refractivity contribution is 0.0933. The molecule has 122 valence electrons. The van der Waals surface area contributed by atoms with Gasteiger partial charge < -0.3 is 10.3 Å². The van der Waals surface area contributed by atoms with Crippen LogP contribution in [0.4, 0.5) is 0 Å². The summed E-state index contributed by atoms with van der Waals surface area (Å²) in [5.41, 5.74) is 4.22. The number of aromatic nitrogens is 1. The number of amides is 1. The molecule has 4 rings (SSSR count).